The van der Waals surface area contributed by atoms with Crippen molar-refractivity contribution in [3.8, 4) is 0 Å². The molecule has 1 aromatic heterocycles. The van der Waals surface area contributed by atoms with E-state index in [2.05, 4.69) is 5.32 Å². The van der Waals surface area contributed by atoms with Gasteiger partial charge in [0.15, 0.2) is 0 Å². The zero-order valence-electron chi connectivity index (χ0n) is 16.5. The fraction of sp³-hybridized carbons (Fsp3) is 0.292. The highest BCUT2D eigenvalue weighted by atomic mass is 32.1. The van der Waals surface area contributed by atoms with E-state index in [4.69, 9.17) is 0 Å². The van der Waals surface area contributed by atoms with E-state index >= 15 is 0 Å². The Morgan fingerprint density at radius 1 is 1.00 bits per heavy atom. The van der Waals surface area contributed by atoms with Crippen molar-refractivity contribution in [2.75, 3.05) is 11.9 Å². The quantitative estimate of drug-likeness (QED) is 0.531. The van der Waals surface area contributed by atoms with Crippen molar-refractivity contribution in [1.82, 2.24) is 4.90 Å². The summed E-state index contributed by atoms with van der Waals surface area (Å²) in [5, 5.41) is 2.65. The van der Waals surface area contributed by atoms with Crippen LogP contribution < -0.4 is 5.32 Å². The summed E-state index contributed by atoms with van der Waals surface area (Å²) in [6, 6.07) is 12.6. The van der Waals surface area contributed by atoms with E-state index in [9.17, 15) is 13.6 Å². The van der Waals surface area contributed by atoms with Crippen molar-refractivity contribution >= 4 is 23.1 Å². The highest BCUT2D eigenvalue weighted by Gasteiger charge is 2.36. The molecule has 3 nitrogen and oxygen atoms in total. The molecule has 2 aliphatic rings. The fourth-order valence-corrected chi connectivity index (χ4v) is 6.20. The second kappa shape index (κ2) is 7.84. The number of rotatable bonds is 2. The lowest BCUT2D eigenvalue weighted by Gasteiger charge is -2.36. The number of halogens is 2. The van der Waals surface area contributed by atoms with Crippen LogP contribution in [0.15, 0.2) is 48.5 Å². The molecule has 1 aliphatic heterocycles. The van der Waals surface area contributed by atoms with Gasteiger partial charge in [-0.2, -0.15) is 0 Å². The Labute approximate surface area is 178 Å². The number of hydrogen-bond acceptors (Lipinski definition) is 2. The van der Waals surface area contributed by atoms with Crippen molar-refractivity contribution in [2.45, 2.75) is 38.1 Å². The molecule has 5 rings (SSSR count). The van der Waals surface area contributed by atoms with Gasteiger partial charge in [-0.15, -0.1) is 11.3 Å². The molecule has 0 saturated carbocycles. The lowest BCUT2D eigenvalue weighted by molar-refractivity contribution is 0.195. The molecule has 2 heterocycles. The van der Waals surface area contributed by atoms with Crippen molar-refractivity contribution in [1.29, 1.82) is 0 Å². The zero-order valence-corrected chi connectivity index (χ0v) is 17.3. The number of fused-ring (bicyclic) bond motifs is 3. The highest BCUT2D eigenvalue weighted by molar-refractivity contribution is 7.12. The van der Waals surface area contributed by atoms with Crippen molar-refractivity contribution < 1.29 is 13.6 Å². The highest BCUT2D eigenvalue weighted by Crippen LogP contribution is 2.45. The third-order valence-corrected chi connectivity index (χ3v) is 7.41. The van der Waals surface area contributed by atoms with Gasteiger partial charge in [0, 0.05) is 22.4 Å². The summed E-state index contributed by atoms with van der Waals surface area (Å²) in [6.07, 6.45) is 5.48. The molecule has 2 amide bonds. The number of amides is 2. The van der Waals surface area contributed by atoms with Crippen LogP contribution >= 0.6 is 11.3 Å². The molecule has 3 aromatic rings. The maximum absolute atomic E-state index is 14.1. The molecule has 30 heavy (non-hydrogen) atoms. The van der Waals surface area contributed by atoms with Gasteiger partial charge in [-0.05, 0) is 60.9 Å². The van der Waals surface area contributed by atoms with Crippen molar-refractivity contribution in [2.24, 2.45) is 0 Å². The van der Waals surface area contributed by atoms with Crippen LogP contribution in [-0.2, 0) is 19.3 Å². The van der Waals surface area contributed by atoms with Gasteiger partial charge in [0.2, 0.25) is 0 Å². The molecule has 0 spiro atoms. The predicted octanol–water partition coefficient (Wildman–Crippen LogP) is 6.08. The molecule has 0 fully saturated rings. The fourth-order valence-electron chi connectivity index (χ4n) is 4.61. The minimum atomic E-state index is -0.774. The first kappa shape index (κ1) is 19.2. The van der Waals surface area contributed by atoms with Gasteiger partial charge in [0.25, 0.3) is 0 Å². The van der Waals surface area contributed by atoms with Crippen LogP contribution in [0.3, 0.4) is 0 Å². The van der Waals surface area contributed by atoms with Crippen LogP contribution in [0, 0.1) is 11.6 Å². The summed E-state index contributed by atoms with van der Waals surface area (Å²) >= 11 is 1.83. The van der Waals surface area contributed by atoms with Crippen LogP contribution in [0.25, 0.3) is 0 Å². The molecule has 154 valence electrons. The smallest absolute Gasteiger partial charge is 0.312 e. The van der Waals surface area contributed by atoms with E-state index in [1.54, 1.807) is 4.90 Å². The third kappa shape index (κ3) is 3.39. The standard InChI is InChI=1S/C24H22F2N2OS/c25-16-10-11-20(19(26)14-16)27-24(29)28-13-12-18-17-8-4-5-9-21(17)30-23(18)22(28)15-6-2-1-3-7-15/h1-3,6-7,10-11,14,22H,4-5,8-9,12-13H2,(H,27,29). The Hall–Kier alpha value is -2.73. The normalized spacial score (nSPS) is 17.9. The Morgan fingerprint density at radius 3 is 2.60 bits per heavy atom. The first-order valence-electron chi connectivity index (χ1n) is 10.3. The van der Waals surface area contributed by atoms with E-state index in [0.29, 0.717) is 6.54 Å². The number of nitrogens with zero attached hydrogens (tertiary/aromatic N) is 1. The third-order valence-electron chi connectivity index (χ3n) is 6.02. The SMILES string of the molecule is O=C(Nc1ccc(F)cc1F)N1CCc2c(sc3c2CCCC3)C1c1ccccc1. The van der Waals surface area contributed by atoms with Crippen LogP contribution in [0.1, 0.15) is 45.3 Å². The lowest BCUT2D eigenvalue weighted by atomic mass is 9.88. The van der Waals surface area contributed by atoms with Crippen LogP contribution in [0.5, 0.6) is 0 Å². The second-order valence-corrected chi connectivity index (χ2v) is 9.00. The number of carbonyl (C=O) groups is 1. The Balaban J connectivity index is 1.53. The summed E-state index contributed by atoms with van der Waals surface area (Å²) < 4.78 is 27.4. The minimum absolute atomic E-state index is 0.00974. The van der Waals surface area contributed by atoms with E-state index in [1.165, 1.54) is 39.8 Å². The zero-order chi connectivity index (χ0) is 20.7. The molecule has 1 aliphatic carbocycles. The number of aryl methyl sites for hydroxylation is 1. The summed E-state index contributed by atoms with van der Waals surface area (Å²) in [7, 11) is 0. The molecular formula is C24H22F2N2OS. The van der Waals surface area contributed by atoms with Crippen LogP contribution in [0.2, 0.25) is 0 Å². The van der Waals surface area contributed by atoms with Crippen LogP contribution in [0.4, 0.5) is 19.3 Å². The van der Waals surface area contributed by atoms with E-state index < -0.39 is 11.6 Å². The summed E-state index contributed by atoms with van der Waals surface area (Å²) in [4.78, 5) is 17.7. The predicted molar refractivity (Wildman–Crippen MR) is 115 cm³/mol. The average Bonchev–Trinajstić information content (AvgIpc) is 3.14. The van der Waals surface area contributed by atoms with E-state index in [0.717, 1.165) is 37.0 Å². The Morgan fingerprint density at radius 2 is 1.80 bits per heavy atom. The molecule has 2 aromatic carbocycles. The number of urea groups is 1. The summed E-state index contributed by atoms with van der Waals surface area (Å²) in [5.41, 5.74) is 3.93. The minimum Gasteiger partial charge on any atom is -0.312 e. The average molecular weight is 425 g/mol. The molecule has 1 N–H and O–H groups in total. The summed E-state index contributed by atoms with van der Waals surface area (Å²) in [5.74, 6) is -1.44. The monoisotopic (exact) mass is 424 g/mol. The van der Waals surface area contributed by atoms with Crippen molar-refractivity contribution in [3.63, 3.8) is 0 Å². The molecule has 6 heteroatoms. The molecule has 1 unspecified atom stereocenters. The lowest BCUT2D eigenvalue weighted by Crippen LogP contribution is -2.42. The maximum Gasteiger partial charge on any atom is 0.322 e. The maximum atomic E-state index is 14.1. The Bertz CT molecular complexity index is 1100. The van der Waals surface area contributed by atoms with Gasteiger partial charge in [-0.25, -0.2) is 13.6 Å². The molecule has 1 atom stereocenters. The van der Waals surface area contributed by atoms with Crippen LogP contribution in [-0.4, -0.2) is 17.5 Å². The molecule has 0 radical (unpaired) electrons. The van der Waals surface area contributed by atoms with Gasteiger partial charge in [0.1, 0.15) is 11.6 Å². The van der Waals surface area contributed by atoms with E-state index in [-0.39, 0.29) is 17.8 Å². The largest absolute Gasteiger partial charge is 0.322 e. The van der Waals surface area contributed by atoms with E-state index in [1.807, 2.05) is 41.7 Å². The first-order chi connectivity index (χ1) is 14.6. The number of hydrogen-bond donors (Lipinski definition) is 1. The number of carbonyl (C=O) groups excluding carboxylic acids is 1. The molecule has 0 saturated heterocycles. The number of nitrogens with one attached hydrogen (secondary N) is 1. The summed E-state index contributed by atoms with van der Waals surface area (Å²) in [6.45, 7) is 0.560. The van der Waals surface area contributed by atoms with Gasteiger partial charge >= 0.3 is 6.03 Å². The number of thiophene rings is 1. The first-order valence-corrected chi connectivity index (χ1v) is 11.1. The molecule has 0 bridgehead atoms. The van der Waals surface area contributed by atoms with Gasteiger partial charge in [0.05, 0.1) is 11.7 Å². The molecular weight excluding hydrogens is 402 g/mol. The van der Waals surface area contributed by atoms with Gasteiger partial charge in [-0.1, -0.05) is 30.3 Å². The second-order valence-electron chi connectivity index (χ2n) is 7.86. The number of benzene rings is 2. The van der Waals surface area contributed by atoms with Crippen molar-refractivity contribution in [3.05, 3.63) is 86.6 Å². The topological polar surface area (TPSA) is 32.3 Å². The van der Waals surface area contributed by atoms with Gasteiger partial charge in [-0.3, -0.25) is 0 Å². The Kier molecular flexibility index (Phi) is 5.03. The number of anilines is 1. The van der Waals surface area contributed by atoms with Gasteiger partial charge < -0.3 is 10.2 Å².